The lowest BCUT2D eigenvalue weighted by atomic mass is 9.94. The van der Waals surface area contributed by atoms with Gasteiger partial charge in [0.25, 0.3) is 5.91 Å². The molecule has 1 fully saturated rings. The molecule has 1 atom stereocenters. The van der Waals surface area contributed by atoms with Crippen LogP contribution in [0.25, 0.3) is 0 Å². The molecule has 1 aliphatic heterocycles. The average molecular weight is 315 g/mol. The number of piperidine rings is 1. The molecule has 2 aromatic heterocycles. The Hall–Kier alpha value is -2.41. The van der Waals surface area contributed by atoms with Gasteiger partial charge in [-0.1, -0.05) is 0 Å². The van der Waals surface area contributed by atoms with Crippen LogP contribution in [0.5, 0.6) is 0 Å². The number of pyridine rings is 1. The maximum absolute atomic E-state index is 11.6. The lowest BCUT2D eigenvalue weighted by molar-refractivity contribution is 0.100. The molecule has 3 heterocycles. The molecular weight excluding hydrogens is 294 g/mol. The molecule has 0 radical (unpaired) electrons. The summed E-state index contributed by atoms with van der Waals surface area (Å²) in [6.07, 6.45) is 5.62. The van der Waals surface area contributed by atoms with Gasteiger partial charge in [0.15, 0.2) is 0 Å². The Labute approximate surface area is 134 Å². The molecule has 0 aliphatic carbocycles. The number of aliphatic hydroxyl groups is 1. The highest BCUT2D eigenvalue weighted by Crippen LogP contribution is 2.29. The highest BCUT2D eigenvalue weighted by molar-refractivity contribution is 5.97. The summed E-state index contributed by atoms with van der Waals surface area (Å²) in [5, 5.41) is 13.5. The summed E-state index contributed by atoms with van der Waals surface area (Å²) in [6, 6.07) is 5.43. The van der Waals surface area contributed by atoms with E-state index in [1.165, 1.54) is 0 Å². The maximum Gasteiger partial charge on any atom is 0.252 e. The van der Waals surface area contributed by atoms with E-state index in [0.29, 0.717) is 17.9 Å². The van der Waals surface area contributed by atoms with E-state index >= 15 is 0 Å². The van der Waals surface area contributed by atoms with Crippen molar-refractivity contribution in [3.8, 4) is 0 Å². The Morgan fingerprint density at radius 3 is 3.09 bits per heavy atom. The Bertz CT molecular complexity index is 685. The van der Waals surface area contributed by atoms with E-state index in [1.807, 2.05) is 12.3 Å². The lowest BCUT2D eigenvalue weighted by Crippen LogP contribution is -2.36. The van der Waals surface area contributed by atoms with Crippen molar-refractivity contribution in [2.45, 2.75) is 25.3 Å². The molecule has 7 heteroatoms. The molecule has 122 valence electrons. The Morgan fingerprint density at radius 1 is 1.43 bits per heavy atom. The van der Waals surface area contributed by atoms with Gasteiger partial charge in [0.05, 0.1) is 24.4 Å². The zero-order valence-electron chi connectivity index (χ0n) is 12.9. The first-order valence-electron chi connectivity index (χ1n) is 7.83. The third kappa shape index (κ3) is 3.34. The maximum atomic E-state index is 11.6. The van der Waals surface area contributed by atoms with Crippen molar-refractivity contribution >= 4 is 11.7 Å². The quantitative estimate of drug-likeness (QED) is 0.849. The molecule has 0 spiro atoms. The first-order chi connectivity index (χ1) is 11.2. The van der Waals surface area contributed by atoms with E-state index in [4.69, 9.17) is 10.8 Å². The second-order valence-corrected chi connectivity index (χ2v) is 5.75. The Morgan fingerprint density at radius 2 is 2.30 bits per heavy atom. The highest BCUT2D eigenvalue weighted by Gasteiger charge is 2.26. The van der Waals surface area contributed by atoms with Crippen molar-refractivity contribution in [3.63, 3.8) is 0 Å². The summed E-state index contributed by atoms with van der Waals surface area (Å²) in [6.45, 7) is 2.19. The van der Waals surface area contributed by atoms with Gasteiger partial charge in [0, 0.05) is 31.4 Å². The third-order valence-corrected chi connectivity index (χ3v) is 4.18. The molecule has 7 nitrogen and oxygen atoms in total. The number of amides is 1. The van der Waals surface area contributed by atoms with Gasteiger partial charge in [-0.2, -0.15) is 5.10 Å². The van der Waals surface area contributed by atoms with Crippen LogP contribution >= 0.6 is 0 Å². The van der Waals surface area contributed by atoms with Crippen LogP contribution in [-0.2, 0) is 6.54 Å². The van der Waals surface area contributed by atoms with Crippen LogP contribution in [0, 0.1) is 0 Å². The van der Waals surface area contributed by atoms with Crippen molar-refractivity contribution in [2.75, 3.05) is 24.6 Å². The van der Waals surface area contributed by atoms with Crippen LogP contribution in [-0.4, -0.2) is 45.5 Å². The average Bonchev–Trinajstić information content (AvgIpc) is 3.04. The monoisotopic (exact) mass is 315 g/mol. The SMILES string of the molecule is NC(=O)c1cccnc1N1CCC[C@H](c2ccn(CCO)n2)C1. The second kappa shape index (κ2) is 6.78. The summed E-state index contributed by atoms with van der Waals surface area (Å²) in [7, 11) is 0. The van der Waals surface area contributed by atoms with Gasteiger partial charge in [-0.25, -0.2) is 4.98 Å². The molecule has 1 saturated heterocycles. The number of nitrogens with two attached hydrogens (primary N) is 1. The number of aromatic nitrogens is 3. The molecule has 1 aliphatic rings. The van der Waals surface area contributed by atoms with Gasteiger partial charge in [-0.15, -0.1) is 0 Å². The fraction of sp³-hybridized carbons (Fsp3) is 0.438. The lowest BCUT2D eigenvalue weighted by Gasteiger charge is -2.33. The Balaban J connectivity index is 1.79. The molecule has 23 heavy (non-hydrogen) atoms. The van der Waals surface area contributed by atoms with Crippen molar-refractivity contribution in [3.05, 3.63) is 41.9 Å². The molecule has 1 amide bonds. The van der Waals surface area contributed by atoms with Gasteiger partial charge < -0.3 is 15.7 Å². The molecular formula is C16H21N5O2. The second-order valence-electron chi connectivity index (χ2n) is 5.75. The third-order valence-electron chi connectivity index (χ3n) is 4.18. The van der Waals surface area contributed by atoms with Gasteiger partial charge in [-0.05, 0) is 31.0 Å². The van der Waals surface area contributed by atoms with Crippen molar-refractivity contribution < 1.29 is 9.90 Å². The minimum absolute atomic E-state index is 0.0772. The Kier molecular flexibility index (Phi) is 4.57. The van der Waals surface area contributed by atoms with Gasteiger partial charge in [-0.3, -0.25) is 9.48 Å². The number of carbonyl (C=O) groups is 1. The number of hydrogen-bond donors (Lipinski definition) is 2. The number of primary amides is 1. The minimum Gasteiger partial charge on any atom is -0.394 e. The minimum atomic E-state index is -0.456. The summed E-state index contributed by atoms with van der Waals surface area (Å²) >= 11 is 0. The van der Waals surface area contributed by atoms with Crippen LogP contribution in [0.1, 0.15) is 34.8 Å². The predicted molar refractivity (Wildman–Crippen MR) is 86.3 cm³/mol. The zero-order chi connectivity index (χ0) is 16.2. The molecule has 0 bridgehead atoms. The summed E-state index contributed by atoms with van der Waals surface area (Å²) in [4.78, 5) is 18.1. The van der Waals surface area contributed by atoms with Crippen LogP contribution in [0.4, 0.5) is 5.82 Å². The van der Waals surface area contributed by atoms with Crippen LogP contribution in [0.3, 0.4) is 0 Å². The predicted octanol–water partition coefficient (Wildman–Crippen LogP) is 0.753. The van der Waals surface area contributed by atoms with Crippen molar-refractivity contribution in [2.24, 2.45) is 5.73 Å². The van der Waals surface area contributed by atoms with Crippen molar-refractivity contribution in [1.29, 1.82) is 0 Å². The normalized spacial score (nSPS) is 18.1. The fourth-order valence-electron chi connectivity index (χ4n) is 3.07. The molecule has 0 unspecified atom stereocenters. The number of hydrogen-bond acceptors (Lipinski definition) is 5. The smallest absolute Gasteiger partial charge is 0.252 e. The van der Waals surface area contributed by atoms with E-state index in [-0.39, 0.29) is 12.5 Å². The molecule has 3 N–H and O–H groups in total. The van der Waals surface area contributed by atoms with Gasteiger partial charge in [0.1, 0.15) is 5.82 Å². The number of rotatable bonds is 5. The first-order valence-corrected chi connectivity index (χ1v) is 7.83. The molecule has 3 rings (SSSR count). The molecule has 2 aromatic rings. The van der Waals surface area contributed by atoms with E-state index in [0.717, 1.165) is 31.6 Å². The number of carbonyl (C=O) groups excluding carboxylic acids is 1. The summed E-state index contributed by atoms with van der Waals surface area (Å²) < 4.78 is 1.75. The van der Waals surface area contributed by atoms with Crippen molar-refractivity contribution in [1.82, 2.24) is 14.8 Å². The van der Waals surface area contributed by atoms with Crippen LogP contribution in [0.15, 0.2) is 30.6 Å². The van der Waals surface area contributed by atoms with Gasteiger partial charge >= 0.3 is 0 Å². The van der Waals surface area contributed by atoms with Crippen LogP contribution in [0.2, 0.25) is 0 Å². The van der Waals surface area contributed by atoms with E-state index in [9.17, 15) is 4.79 Å². The number of aliphatic hydroxyl groups excluding tert-OH is 1. The summed E-state index contributed by atoms with van der Waals surface area (Å²) in [5.41, 5.74) is 6.93. The highest BCUT2D eigenvalue weighted by atomic mass is 16.3. The van der Waals surface area contributed by atoms with E-state index in [1.54, 1.807) is 23.0 Å². The molecule has 0 aromatic carbocycles. The van der Waals surface area contributed by atoms with E-state index in [2.05, 4.69) is 15.0 Å². The number of nitrogens with zero attached hydrogens (tertiary/aromatic N) is 4. The zero-order valence-corrected chi connectivity index (χ0v) is 12.9. The standard InChI is InChI=1S/C16H21N5O2/c17-15(23)13-4-1-6-18-16(13)20-7-2-3-12(11-20)14-5-8-21(19-14)9-10-22/h1,4-6,8,12,22H,2-3,7,9-11H2,(H2,17,23)/t12-/m0/s1. The topological polar surface area (TPSA) is 97.3 Å². The summed E-state index contributed by atoms with van der Waals surface area (Å²) in [5.74, 6) is 0.480. The van der Waals surface area contributed by atoms with E-state index < -0.39 is 5.91 Å². The largest absolute Gasteiger partial charge is 0.394 e. The first kappa shape index (κ1) is 15.5. The van der Waals surface area contributed by atoms with Crippen LogP contribution < -0.4 is 10.6 Å². The number of anilines is 1. The molecule has 0 saturated carbocycles. The van der Waals surface area contributed by atoms with Gasteiger partial charge in [0.2, 0.25) is 0 Å². The fourth-order valence-corrected chi connectivity index (χ4v) is 3.07.